The van der Waals surface area contributed by atoms with Gasteiger partial charge in [-0.3, -0.25) is 0 Å². The monoisotopic (exact) mass is 228 g/mol. The molecule has 2 fully saturated rings. The minimum absolute atomic E-state index is 0.397. The first kappa shape index (κ1) is 12.3. The van der Waals surface area contributed by atoms with Crippen LogP contribution in [0.25, 0.3) is 0 Å². The lowest BCUT2D eigenvalue weighted by Gasteiger charge is -2.33. The van der Waals surface area contributed by atoms with Crippen molar-refractivity contribution in [3.8, 4) is 0 Å². The zero-order valence-electron chi connectivity index (χ0n) is 10.0. The van der Waals surface area contributed by atoms with Crippen molar-refractivity contribution in [2.45, 2.75) is 43.7 Å². The molecule has 1 unspecified atom stereocenters. The van der Waals surface area contributed by atoms with Crippen molar-refractivity contribution in [3.05, 3.63) is 0 Å². The highest BCUT2D eigenvalue weighted by atomic mass is 16.5. The van der Waals surface area contributed by atoms with Crippen molar-refractivity contribution in [2.75, 3.05) is 32.8 Å². The van der Waals surface area contributed by atoms with Crippen LogP contribution in [0.2, 0.25) is 0 Å². The van der Waals surface area contributed by atoms with Crippen LogP contribution in [0.1, 0.15) is 32.1 Å². The Morgan fingerprint density at radius 1 is 1.25 bits per heavy atom. The normalized spacial score (nSPS) is 34.9. The summed E-state index contributed by atoms with van der Waals surface area (Å²) in [6.07, 6.45) is 5.01. The van der Waals surface area contributed by atoms with Gasteiger partial charge in [0.2, 0.25) is 0 Å². The molecule has 0 aliphatic carbocycles. The fourth-order valence-corrected chi connectivity index (χ4v) is 2.82. The van der Waals surface area contributed by atoms with Crippen molar-refractivity contribution < 1.29 is 9.84 Å². The Morgan fingerprint density at radius 3 is 2.69 bits per heavy atom. The largest absolute Gasteiger partial charge is 0.389 e. The maximum atomic E-state index is 10.2. The molecule has 2 rings (SSSR count). The molecule has 1 atom stereocenters. The molecule has 2 aliphatic heterocycles. The summed E-state index contributed by atoms with van der Waals surface area (Å²) in [5.74, 6) is 0. The Balaban J connectivity index is 1.87. The van der Waals surface area contributed by atoms with Gasteiger partial charge in [0.05, 0.1) is 5.60 Å². The molecular formula is C12H24N2O2. The highest BCUT2D eigenvalue weighted by molar-refractivity contribution is 4.86. The molecule has 4 heteroatoms. The van der Waals surface area contributed by atoms with E-state index >= 15 is 0 Å². The molecule has 0 aromatic heterocycles. The highest BCUT2D eigenvalue weighted by Crippen LogP contribution is 2.24. The second-order valence-corrected chi connectivity index (χ2v) is 5.16. The predicted molar refractivity (Wildman–Crippen MR) is 63.3 cm³/mol. The van der Waals surface area contributed by atoms with Crippen LogP contribution in [0.5, 0.6) is 0 Å². The Morgan fingerprint density at radius 2 is 2.00 bits per heavy atom. The van der Waals surface area contributed by atoms with Gasteiger partial charge in [0, 0.05) is 32.3 Å². The first-order valence-electron chi connectivity index (χ1n) is 6.48. The van der Waals surface area contributed by atoms with Gasteiger partial charge < -0.3 is 20.5 Å². The summed E-state index contributed by atoms with van der Waals surface area (Å²) in [5.41, 5.74) is 5.03. The maximum Gasteiger partial charge on any atom is 0.0782 e. The quantitative estimate of drug-likeness (QED) is 0.715. The van der Waals surface area contributed by atoms with E-state index in [9.17, 15) is 5.11 Å². The fraction of sp³-hybridized carbons (Fsp3) is 1.00. The Kier molecular flexibility index (Phi) is 4.19. The van der Waals surface area contributed by atoms with E-state index in [-0.39, 0.29) is 0 Å². The SMILES string of the molecule is NCC1(O)CCCN(C2CCOCC2)CC1. The molecule has 2 heterocycles. The number of hydrogen-bond acceptors (Lipinski definition) is 4. The molecule has 0 spiro atoms. The van der Waals surface area contributed by atoms with Gasteiger partial charge in [-0.2, -0.15) is 0 Å². The zero-order chi connectivity index (χ0) is 11.4. The third kappa shape index (κ3) is 2.94. The van der Waals surface area contributed by atoms with Gasteiger partial charge in [-0.25, -0.2) is 0 Å². The van der Waals surface area contributed by atoms with Crippen LogP contribution in [-0.4, -0.2) is 54.5 Å². The Labute approximate surface area is 97.7 Å². The minimum atomic E-state index is -0.611. The third-order valence-electron chi connectivity index (χ3n) is 4.04. The maximum absolute atomic E-state index is 10.2. The van der Waals surface area contributed by atoms with Gasteiger partial charge in [-0.05, 0) is 38.6 Å². The van der Waals surface area contributed by atoms with Crippen molar-refractivity contribution >= 4 is 0 Å². The smallest absolute Gasteiger partial charge is 0.0782 e. The van der Waals surface area contributed by atoms with Crippen LogP contribution in [-0.2, 0) is 4.74 Å². The van der Waals surface area contributed by atoms with Gasteiger partial charge >= 0.3 is 0 Å². The summed E-state index contributed by atoms with van der Waals surface area (Å²) in [6.45, 7) is 4.27. The molecule has 2 saturated heterocycles. The second kappa shape index (κ2) is 5.45. The Hall–Kier alpha value is -0.160. The van der Waals surface area contributed by atoms with Gasteiger partial charge in [0.25, 0.3) is 0 Å². The summed E-state index contributed by atoms with van der Waals surface area (Å²) in [4.78, 5) is 2.52. The van der Waals surface area contributed by atoms with Crippen molar-refractivity contribution in [2.24, 2.45) is 5.73 Å². The van der Waals surface area contributed by atoms with Crippen LogP contribution in [0.15, 0.2) is 0 Å². The number of likely N-dealkylation sites (tertiary alicyclic amines) is 1. The first-order chi connectivity index (χ1) is 7.73. The lowest BCUT2D eigenvalue weighted by Crippen LogP contribution is -2.42. The van der Waals surface area contributed by atoms with Gasteiger partial charge in [-0.15, -0.1) is 0 Å². The molecule has 0 aromatic carbocycles. The molecule has 3 N–H and O–H groups in total. The van der Waals surface area contributed by atoms with Crippen molar-refractivity contribution in [1.82, 2.24) is 4.90 Å². The number of aliphatic hydroxyl groups is 1. The molecule has 94 valence electrons. The van der Waals surface area contributed by atoms with E-state index in [1.165, 1.54) is 0 Å². The van der Waals surface area contributed by atoms with E-state index in [1.807, 2.05) is 0 Å². The summed E-state index contributed by atoms with van der Waals surface area (Å²) in [6, 6.07) is 0.661. The second-order valence-electron chi connectivity index (χ2n) is 5.16. The van der Waals surface area contributed by atoms with E-state index in [0.29, 0.717) is 12.6 Å². The summed E-state index contributed by atoms with van der Waals surface area (Å²) in [5, 5.41) is 10.2. The molecular weight excluding hydrogens is 204 g/mol. The Bertz CT molecular complexity index is 219. The summed E-state index contributed by atoms with van der Waals surface area (Å²) >= 11 is 0. The molecule has 0 saturated carbocycles. The highest BCUT2D eigenvalue weighted by Gasteiger charge is 2.31. The molecule has 0 aromatic rings. The molecule has 16 heavy (non-hydrogen) atoms. The molecule has 4 nitrogen and oxygen atoms in total. The number of hydrogen-bond donors (Lipinski definition) is 2. The average molecular weight is 228 g/mol. The standard InChI is InChI=1S/C12H24N2O2/c13-10-12(15)4-1-6-14(7-5-12)11-2-8-16-9-3-11/h11,15H,1-10,13H2. The van der Waals surface area contributed by atoms with Gasteiger partial charge in [0.1, 0.15) is 0 Å². The molecule has 0 amide bonds. The van der Waals surface area contributed by atoms with E-state index in [1.54, 1.807) is 0 Å². The third-order valence-corrected chi connectivity index (χ3v) is 4.04. The number of nitrogens with zero attached hydrogens (tertiary/aromatic N) is 1. The number of nitrogens with two attached hydrogens (primary N) is 1. The lowest BCUT2D eigenvalue weighted by atomic mass is 9.95. The zero-order valence-corrected chi connectivity index (χ0v) is 10.0. The van der Waals surface area contributed by atoms with Crippen molar-refractivity contribution in [3.63, 3.8) is 0 Å². The van der Waals surface area contributed by atoms with Gasteiger partial charge in [-0.1, -0.05) is 0 Å². The molecule has 0 radical (unpaired) electrons. The van der Waals surface area contributed by atoms with Gasteiger partial charge in [0.15, 0.2) is 0 Å². The first-order valence-corrected chi connectivity index (χ1v) is 6.48. The fourth-order valence-electron chi connectivity index (χ4n) is 2.82. The predicted octanol–water partition coefficient (Wildman–Crippen LogP) is 0.341. The number of rotatable bonds is 2. The van der Waals surface area contributed by atoms with Crippen LogP contribution in [0, 0.1) is 0 Å². The minimum Gasteiger partial charge on any atom is -0.389 e. The lowest BCUT2D eigenvalue weighted by molar-refractivity contribution is 0.0196. The summed E-state index contributed by atoms with van der Waals surface area (Å²) < 4.78 is 5.39. The van der Waals surface area contributed by atoms with Crippen LogP contribution in [0.3, 0.4) is 0 Å². The van der Waals surface area contributed by atoms with Crippen LogP contribution < -0.4 is 5.73 Å². The van der Waals surface area contributed by atoms with Crippen LogP contribution in [0.4, 0.5) is 0 Å². The van der Waals surface area contributed by atoms with Crippen LogP contribution >= 0.6 is 0 Å². The summed E-state index contributed by atoms with van der Waals surface area (Å²) in [7, 11) is 0. The topological polar surface area (TPSA) is 58.7 Å². The van der Waals surface area contributed by atoms with E-state index < -0.39 is 5.60 Å². The van der Waals surface area contributed by atoms with E-state index in [0.717, 1.165) is 58.4 Å². The molecule has 0 bridgehead atoms. The van der Waals surface area contributed by atoms with E-state index in [2.05, 4.69) is 4.90 Å². The van der Waals surface area contributed by atoms with E-state index in [4.69, 9.17) is 10.5 Å². The number of ether oxygens (including phenoxy) is 1. The average Bonchev–Trinajstić information content (AvgIpc) is 2.53. The molecule has 2 aliphatic rings. The van der Waals surface area contributed by atoms with Crippen molar-refractivity contribution in [1.29, 1.82) is 0 Å².